The van der Waals surface area contributed by atoms with Crippen molar-refractivity contribution in [2.24, 2.45) is 11.1 Å². The molecule has 3 nitrogen and oxygen atoms in total. The van der Waals surface area contributed by atoms with Gasteiger partial charge in [0, 0.05) is 25.2 Å². The molecule has 1 aliphatic rings. The summed E-state index contributed by atoms with van der Waals surface area (Å²) in [4.78, 5) is 0. The summed E-state index contributed by atoms with van der Waals surface area (Å²) in [6, 6.07) is 0. The Kier molecular flexibility index (Phi) is 4.02. The molecular weight excluding hydrogens is 180 g/mol. The van der Waals surface area contributed by atoms with Crippen LogP contribution in [0, 0.1) is 5.41 Å². The number of hydrogen-bond acceptors (Lipinski definition) is 3. The van der Waals surface area contributed by atoms with Crippen LogP contribution in [-0.4, -0.2) is 33.0 Å². The molecule has 0 amide bonds. The second-order valence-electron chi connectivity index (χ2n) is 3.39. The first-order valence-corrected chi connectivity index (χ1v) is 4.36. The normalized spacial score (nSPS) is 22.2. The monoisotopic (exact) mass is 195 g/mol. The van der Waals surface area contributed by atoms with Crippen LogP contribution in [0.3, 0.4) is 0 Å². The molecule has 78 valence electrons. The number of ether oxygens (including phenoxy) is 2. The van der Waals surface area contributed by atoms with Crippen molar-refractivity contribution < 1.29 is 18.3 Å². The third-order valence-corrected chi connectivity index (χ3v) is 2.50. The van der Waals surface area contributed by atoms with Crippen LogP contribution in [0.5, 0.6) is 0 Å². The van der Waals surface area contributed by atoms with Crippen LogP contribution in [0.1, 0.15) is 12.8 Å². The number of halogens is 2. The molecule has 0 radical (unpaired) electrons. The number of hydrogen-bond donors (Lipinski definition) is 1. The molecule has 0 spiro atoms. The van der Waals surface area contributed by atoms with Gasteiger partial charge in [-0.25, -0.2) is 0 Å². The molecule has 0 aliphatic carbocycles. The average Bonchev–Trinajstić information content (AvgIpc) is 2.16. The van der Waals surface area contributed by atoms with Crippen molar-refractivity contribution in [1.82, 2.24) is 0 Å². The van der Waals surface area contributed by atoms with E-state index in [1.54, 1.807) is 0 Å². The summed E-state index contributed by atoms with van der Waals surface area (Å²) in [6.45, 7) is -1.12. The Hall–Kier alpha value is -0.260. The quantitative estimate of drug-likeness (QED) is 0.727. The van der Waals surface area contributed by atoms with Gasteiger partial charge in [0.1, 0.15) is 0 Å². The van der Waals surface area contributed by atoms with Crippen LogP contribution in [0.15, 0.2) is 0 Å². The molecule has 13 heavy (non-hydrogen) atoms. The largest absolute Gasteiger partial charge is 0.381 e. The van der Waals surface area contributed by atoms with Gasteiger partial charge in [-0.15, -0.1) is 0 Å². The highest BCUT2D eigenvalue weighted by atomic mass is 19.3. The number of rotatable bonds is 4. The lowest BCUT2D eigenvalue weighted by Gasteiger charge is -2.35. The summed E-state index contributed by atoms with van der Waals surface area (Å²) in [6.07, 6.45) is 1.41. The minimum atomic E-state index is -2.70. The van der Waals surface area contributed by atoms with Crippen LogP contribution in [0.2, 0.25) is 0 Å². The topological polar surface area (TPSA) is 44.5 Å². The third kappa shape index (κ3) is 3.17. The molecule has 0 bridgehead atoms. The Morgan fingerprint density at radius 3 is 2.46 bits per heavy atom. The van der Waals surface area contributed by atoms with Gasteiger partial charge < -0.3 is 15.2 Å². The molecule has 1 heterocycles. The van der Waals surface area contributed by atoms with Crippen LogP contribution < -0.4 is 5.73 Å². The van der Waals surface area contributed by atoms with E-state index in [9.17, 15) is 8.78 Å². The highest BCUT2D eigenvalue weighted by Crippen LogP contribution is 2.29. The first kappa shape index (κ1) is 10.8. The zero-order valence-electron chi connectivity index (χ0n) is 7.47. The van der Waals surface area contributed by atoms with Crippen LogP contribution in [0.4, 0.5) is 8.78 Å². The van der Waals surface area contributed by atoms with Crippen molar-refractivity contribution in [2.75, 3.05) is 26.4 Å². The first-order valence-electron chi connectivity index (χ1n) is 4.36. The van der Waals surface area contributed by atoms with Crippen molar-refractivity contribution in [3.8, 4) is 0 Å². The van der Waals surface area contributed by atoms with Gasteiger partial charge in [0.15, 0.2) is 0 Å². The molecule has 1 rings (SSSR count). The molecule has 0 aromatic carbocycles. The third-order valence-electron chi connectivity index (χ3n) is 2.50. The Bertz CT molecular complexity index is 149. The average molecular weight is 195 g/mol. The van der Waals surface area contributed by atoms with Gasteiger partial charge in [0.25, 0.3) is 0 Å². The van der Waals surface area contributed by atoms with E-state index in [4.69, 9.17) is 10.5 Å². The van der Waals surface area contributed by atoms with Gasteiger partial charge in [0.05, 0.1) is 6.61 Å². The Morgan fingerprint density at radius 1 is 1.38 bits per heavy atom. The number of nitrogens with two attached hydrogens (primary N) is 1. The summed E-state index contributed by atoms with van der Waals surface area (Å²) >= 11 is 0. The lowest BCUT2D eigenvalue weighted by Crippen LogP contribution is -2.40. The molecular formula is C8H15F2NO2. The van der Waals surface area contributed by atoms with Gasteiger partial charge in [-0.2, -0.15) is 8.78 Å². The summed E-state index contributed by atoms with van der Waals surface area (Å²) in [5.74, 6) is 0. The maximum Gasteiger partial charge on any atom is 0.345 e. The fourth-order valence-corrected chi connectivity index (χ4v) is 1.45. The van der Waals surface area contributed by atoms with Crippen molar-refractivity contribution in [1.29, 1.82) is 0 Å². The van der Waals surface area contributed by atoms with Crippen molar-refractivity contribution in [3.63, 3.8) is 0 Å². The van der Waals surface area contributed by atoms with Gasteiger partial charge in [-0.1, -0.05) is 0 Å². The van der Waals surface area contributed by atoms with Crippen molar-refractivity contribution in [2.45, 2.75) is 19.5 Å². The minimum Gasteiger partial charge on any atom is -0.381 e. The van der Waals surface area contributed by atoms with Crippen LogP contribution in [-0.2, 0) is 9.47 Å². The molecule has 5 heteroatoms. The summed E-state index contributed by atoms with van der Waals surface area (Å²) in [5, 5.41) is 0. The highest BCUT2D eigenvalue weighted by Gasteiger charge is 2.32. The zero-order chi connectivity index (χ0) is 9.73. The zero-order valence-corrected chi connectivity index (χ0v) is 7.47. The van der Waals surface area contributed by atoms with Gasteiger partial charge in [-0.3, -0.25) is 0 Å². The highest BCUT2D eigenvalue weighted by molar-refractivity contribution is 4.82. The van der Waals surface area contributed by atoms with Crippen LogP contribution >= 0.6 is 0 Å². The molecule has 0 aromatic heterocycles. The Morgan fingerprint density at radius 2 is 2.00 bits per heavy atom. The predicted octanol–water partition coefficient (Wildman–Crippen LogP) is 0.981. The Balaban J connectivity index is 2.38. The standard InChI is InChI=1S/C8H15F2NO2/c9-7(10)13-6-8(5-11)1-3-12-4-2-8/h7H,1-6,11H2. The molecule has 0 unspecified atom stereocenters. The maximum atomic E-state index is 11.8. The van der Waals surface area contributed by atoms with Crippen molar-refractivity contribution in [3.05, 3.63) is 0 Å². The number of alkyl halides is 2. The SMILES string of the molecule is NCC1(COC(F)F)CCOCC1. The predicted molar refractivity (Wildman–Crippen MR) is 43.5 cm³/mol. The van der Waals surface area contributed by atoms with E-state index in [2.05, 4.69) is 4.74 Å². The lowest BCUT2D eigenvalue weighted by molar-refractivity contribution is -0.161. The molecule has 2 N–H and O–H groups in total. The van der Waals surface area contributed by atoms with Gasteiger partial charge in [-0.05, 0) is 12.8 Å². The summed E-state index contributed by atoms with van der Waals surface area (Å²) < 4.78 is 33.0. The molecule has 1 saturated heterocycles. The molecule has 0 saturated carbocycles. The van der Waals surface area contributed by atoms with Gasteiger partial charge >= 0.3 is 6.61 Å². The van der Waals surface area contributed by atoms with E-state index in [0.29, 0.717) is 32.6 Å². The summed E-state index contributed by atoms with van der Waals surface area (Å²) in [7, 11) is 0. The lowest BCUT2D eigenvalue weighted by atomic mass is 9.81. The van der Waals surface area contributed by atoms with E-state index in [0.717, 1.165) is 0 Å². The second kappa shape index (κ2) is 4.83. The van der Waals surface area contributed by atoms with E-state index in [1.807, 2.05) is 0 Å². The van der Waals surface area contributed by atoms with Crippen molar-refractivity contribution >= 4 is 0 Å². The minimum absolute atomic E-state index is 0.0323. The molecule has 0 aromatic rings. The molecule has 0 atom stereocenters. The van der Waals surface area contributed by atoms with E-state index < -0.39 is 6.61 Å². The van der Waals surface area contributed by atoms with E-state index in [1.165, 1.54) is 0 Å². The second-order valence-corrected chi connectivity index (χ2v) is 3.39. The molecule has 1 aliphatic heterocycles. The van der Waals surface area contributed by atoms with Gasteiger partial charge in [0.2, 0.25) is 0 Å². The Labute approximate surface area is 76.2 Å². The maximum absolute atomic E-state index is 11.8. The smallest absolute Gasteiger partial charge is 0.345 e. The first-order chi connectivity index (χ1) is 6.18. The van der Waals surface area contributed by atoms with E-state index in [-0.39, 0.29) is 12.0 Å². The van der Waals surface area contributed by atoms with E-state index >= 15 is 0 Å². The van der Waals surface area contributed by atoms with Crippen LogP contribution in [0.25, 0.3) is 0 Å². The fraction of sp³-hybridized carbons (Fsp3) is 1.00. The summed E-state index contributed by atoms with van der Waals surface area (Å²) in [5.41, 5.74) is 5.25. The fourth-order valence-electron chi connectivity index (χ4n) is 1.45. The molecule has 1 fully saturated rings.